The summed E-state index contributed by atoms with van der Waals surface area (Å²) in [7, 11) is 0. The first-order valence-corrected chi connectivity index (χ1v) is 17.8. The number of benzene rings is 7. The normalized spacial score (nSPS) is 11.5. The van der Waals surface area contributed by atoms with Crippen LogP contribution < -0.4 is 0 Å². The van der Waals surface area contributed by atoms with Crippen molar-refractivity contribution in [1.29, 1.82) is 0 Å². The Morgan fingerprint density at radius 2 is 0.922 bits per heavy atom. The summed E-state index contributed by atoms with van der Waals surface area (Å²) >= 11 is 1.82. The van der Waals surface area contributed by atoms with Gasteiger partial charge in [0, 0.05) is 47.8 Å². The average molecular weight is 669 g/mol. The standard InChI is InChI=1S/C46H28N4S/c1-3-12-29(13-4-1)30-22-24-33(25-23-30)45-48-44(32-15-5-2-6-16-32)49-46(50-45)34-26-27-37-39(28-34)47-42(36-20-11-17-31-14-7-8-18-35(31)36)41-38-19-9-10-21-40(38)51-43(37)41/h1-28H. The predicted octanol–water partition coefficient (Wildman–Crippen LogP) is 12.3. The molecule has 0 aliphatic carbocycles. The highest BCUT2D eigenvalue weighted by Gasteiger charge is 2.19. The van der Waals surface area contributed by atoms with Gasteiger partial charge in [0.25, 0.3) is 0 Å². The van der Waals surface area contributed by atoms with Crippen LogP contribution in [0.5, 0.6) is 0 Å². The van der Waals surface area contributed by atoms with E-state index in [4.69, 9.17) is 19.9 Å². The van der Waals surface area contributed by atoms with Crippen LogP contribution in [0.2, 0.25) is 0 Å². The highest BCUT2D eigenvalue weighted by molar-refractivity contribution is 7.26. The van der Waals surface area contributed by atoms with Crippen LogP contribution in [0.4, 0.5) is 0 Å². The Balaban J connectivity index is 1.18. The Hall–Kier alpha value is -6.56. The van der Waals surface area contributed by atoms with E-state index in [1.54, 1.807) is 0 Å². The highest BCUT2D eigenvalue weighted by atomic mass is 32.1. The number of rotatable bonds is 5. The van der Waals surface area contributed by atoms with Crippen LogP contribution in [0.15, 0.2) is 170 Å². The minimum atomic E-state index is 0.609. The van der Waals surface area contributed by atoms with E-state index < -0.39 is 0 Å². The van der Waals surface area contributed by atoms with E-state index in [1.807, 2.05) is 47.7 Å². The summed E-state index contributed by atoms with van der Waals surface area (Å²) in [6.45, 7) is 0. The molecule has 3 aromatic heterocycles. The lowest BCUT2D eigenvalue weighted by Gasteiger charge is -2.12. The zero-order chi connectivity index (χ0) is 33.7. The SMILES string of the molecule is c1ccc(-c2ccc(-c3nc(-c4ccccc4)nc(-c4ccc5c(c4)nc(-c4cccc6ccccc46)c4c6ccccc6sc54)n3)cc2)cc1. The smallest absolute Gasteiger partial charge is 0.164 e. The number of hydrogen-bond donors (Lipinski definition) is 0. The Bertz CT molecular complexity index is 2890. The molecule has 0 spiro atoms. The summed E-state index contributed by atoms with van der Waals surface area (Å²) in [4.78, 5) is 20.6. The number of thiophene rings is 1. The fourth-order valence-corrected chi connectivity index (χ4v) is 8.26. The quantitative estimate of drug-likeness (QED) is 0.183. The number of nitrogens with zero attached hydrogens (tertiary/aromatic N) is 4. The molecule has 7 aromatic carbocycles. The summed E-state index contributed by atoms with van der Waals surface area (Å²) in [6, 6.07) is 59.1. The lowest BCUT2D eigenvalue weighted by atomic mass is 9.97. The van der Waals surface area contributed by atoms with Crippen LogP contribution in [-0.2, 0) is 0 Å². The van der Waals surface area contributed by atoms with Gasteiger partial charge in [-0.15, -0.1) is 11.3 Å². The van der Waals surface area contributed by atoms with Crippen LogP contribution in [0.25, 0.3) is 98.4 Å². The number of hydrogen-bond acceptors (Lipinski definition) is 5. The molecular weight excluding hydrogens is 641 g/mol. The maximum Gasteiger partial charge on any atom is 0.164 e. The van der Waals surface area contributed by atoms with Crippen molar-refractivity contribution < 1.29 is 0 Å². The Morgan fingerprint density at radius 1 is 0.373 bits per heavy atom. The molecule has 51 heavy (non-hydrogen) atoms. The van der Waals surface area contributed by atoms with Gasteiger partial charge in [-0.25, -0.2) is 19.9 Å². The number of fused-ring (bicyclic) bond motifs is 6. The van der Waals surface area contributed by atoms with E-state index in [-0.39, 0.29) is 0 Å². The topological polar surface area (TPSA) is 51.6 Å². The highest BCUT2D eigenvalue weighted by Crippen LogP contribution is 2.44. The first-order chi connectivity index (χ1) is 25.3. The molecule has 5 heteroatoms. The Morgan fingerprint density at radius 3 is 1.69 bits per heavy atom. The molecule has 0 aliphatic heterocycles. The third-order valence-corrected chi connectivity index (χ3v) is 10.7. The summed E-state index contributed by atoms with van der Waals surface area (Å²) in [5.74, 6) is 1.87. The first kappa shape index (κ1) is 29.4. The zero-order valence-corrected chi connectivity index (χ0v) is 28.2. The second-order valence-electron chi connectivity index (χ2n) is 12.6. The van der Waals surface area contributed by atoms with Gasteiger partial charge in [-0.05, 0) is 34.0 Å². The van der Waals surface area contributed by atoms with Crippen molar-refractivity contribution in [3.8, 4) is 56.5 Å². The molecule has 238 valence electrons. The average Bonchev–Trinajstić information content (AvgIpc) is 3.61. The molecule has 0 unspecified atom stereocenters. The second-order valence-corrected chi connectivity index (χ2v) is 13.7. The molecule has 0 radical (unpaired) electrons. The van der Waals surface area contributed by atoms with Crippen LogP contribution in [0, 0.1) is 0 Å². The van der Waals surface area contributed by atoms with Gasteiger partial charge in [0.05, 0.1) is 11.2 Å². The van der Waals surface area contributed by atoms with Crippen LogP contribution in [-0.4, -0.2) is 19.9 Å². The van der Waals surface area contributed by atoms with E-state index in [2.05, 4.69) is 133 Å². The van der Waals surface area contributed by atoms with Gasteiger partial charge in [0.1, 0.15) is 0 Å². The fraction of sp³-hybridized carbons (Fsp3) is 0. The summed E-state index contributed by atoms with van der Waals surface area (Å²) in [6.07, 6.45) is 0. The van der Waals surface area contributed by atoms with Crippen molar-refractivity contribution in [3.63, 3.8) is 0 Å². The van der Waals surface area contributed by atoms with Gasteiger partial charge in [-0.3, -0.25) is 0 Å². The number of aromatic nitrogens is 4. The molecule has 0 bridgehead atoms. The van der Waals surface area contributed by atoms with E-state index in [0.717, 1.165) is 44.4 Å². The van der Waals surface area contributed by atoms with Crippen molar-refractivity contribution in [2.45, 2.75) is 0 Å². The molecule has 0 saturated carbocycles. The van der Waals surface area contributed by atoms with E-state index in [1.165, 1.54) is 36.5 Å². The molecule has 3 heterocycles. The van der Waals surface area contributed by atoms with Crippen molar-refractivity contribution in [3.05, 3.63) is 170 Å². The molecule has 4 nitrogen and oxygen atoms in total. The lowest BCUT2D eigenvalue weighted by Crippen LogP contribution is -2.00. The van der Waals surface area contributed by atoms with E-state index in [0.29, 0.717) is 17.5 Å². The van der Waals surface area contributed by atoms with E-state index >= 15 is 0 Å². The second kappa shape index (κ2) is 12.1. The minimum absolute atomic E-state index is 0.609. The zero-order valence-electron chi connectivity index (χ0n) is 27.4. The van der Waals surface area contributed by atoms with Crippen molar-refractivity contribution >= 4 is 53.2 Å². The van der Waals surface area contributed by atoms with Gasteiger partial charge in [-0.1, -0.05) is 158 Å². The fourth-order valence-electron chi connectivity index (χ4n) is 7.02. The van der Waals surface area contributed by atoms with E-state index in [9.17, 15) is 0 Å². The largest absolute Gasteiger partial charge is 0.247 e. The molecule has 0 atom stereocenters. The third kappa shape index (κ3) is 5.14. The Kier molecular flexibility index (Phi) is 6.96. The molecule has 0 amide bonds. The number of pyridine rings is 1. The van der Waals surface area contributed by atoms with Gasteiger partial charge in [0.2, 0.25) is 0 Å². The minimum Gasteiger partial charge on any atom is -0.247 e. The molecule has 10 aromatic rings. The van der Waals surface area contributed by atoms with Gasteiger partial charge >= 0.3 is 0 Å². The molecule has 0 saturated heterocycles. The predicted molar refractivity (Wildman–Crippen MR) is 213 cm³/mol. The van der Waals surface area contributed by atoms with Crippen molar-refractivity contribution in [2.75, 3.05) is 0 Å². The summed E-state index contributed by atoms with van der Waals surface area (Å²) in [5.41, 5.74) is 8.10. The van der Waals surface area contributed by atoms with Gasteiger partial charge < -0.3 is 0 Å². The third-order valence-electron chi connectivity index (χ3n) is 9.53. The maximum atomic E-state index is 5.47. The summed E-state index contributed by atoms with van der Waals surface area (Å²) in [5, 5.41) is 5.92. The van der Waals surface area contributed by atoms with Crippen molar-refractivity contribution in [2.24, 2.45) is 0 Å². The molecule has 0 fully saturated rings. The summed E-state index contributed by atoms with van der Waals surface area (Å²) < 4.78 is 2.48. The van der Waals surface area contributed by atoms with Gasteiger partial charge in [-0.2, -0.15) is 0 Å². The maximum absolute atomic E-state index is 5.47. The van der Waals surface area contributed by atoms with Crippen molar-refractivity contribution in [1.82, 2.24) is 19.9 Å². The van der Waals surface area contributed by atoms with Gasteiger partial charge in [0.15, 0.2) is 17.5 Å². The van der Waals surface area contributed by atoms with Crippen LogP contribution >= 0.6 is 11.3 Å². The monoisotopic (exact) mass is 668 g/mol. The van der Waals surface area contributed by atoms with Crippen LogP contribution in [0.1, 0.15) is 0 Å². The lowest BCUT2D eigenvalue weighted by molar-refractivity contribution is 1.07. The molecule has 10 rings (SSSR count). The Labute approximate surface area is 298 Å². The van der Waals surface area contributed by atoms with Crippen LogP contribution in [0.3, 0.4) is 0 Å². The molecular formula is C46H28N4S. The first-order valence-electron chi connectivity index (χ1n) is 17.0. The molecule has 0 aliphatic rings. The molecule has 0 N–H and O–H groups in total.